The van der Waals surface area contributed by atoms with Crippen LogP contribution in [0.4, 0.5) is 28.7 Å². The van der Waals surface area contributed by atoms with E-state index in [2.05, 4.69) is 102 Å². The van der Waals surface area contributed by atoms with Gasteiger partial charge in [-0.3, -0.25) is 4.90 Å². The standard InChI is InChI=1S/C25H27Br2N5/c1-18-8-2-3-9-21(18)32(24-16-19(14-22(26)28-24)30-10-4-5-11-30)25-17-20(15-23(27)29-25)31-12-6-7-13-31/h2-3,8-9,14-17H,4-7,10-13H2,1H3. The van der Waals surface area contributed by atoms with Crippen molar-refractivity contribution in [1.82, 2.24) is 9.97 Å². The van der Waals surface area contributed by atoms with Crippen molar-refractivity contribution in [3.8, 4) is 0 Å². The molecule has 0 radical (unpaired) electrons. The third-order valence-corrected chi connectivity index (χ3v) is 7.10. The Morgan fingerprint density at radius 3 is 1.66 bits per heavy atom. The lowest BCUT2D eigenvalue weighted by Crippen LogP contribution is -2.21. The molecule has 7 heteroatoms. The molecule has 0 saturated carbocycles. The highest BCUT2D eigenvalue weighted by Gasteiger charge is 2.23. The first-order valence-corrected chi connectivity index (χ1v) is 12.9. The highest BCUT2D eigenvalue weighted by molar-refractivity contribution is 9.10. The lowest BCUT2D eigenvalue weighted by molar-refractivity contribution is 0.949. The summed E-state index contributed by atoms with van der Waals surface area (Å²) >= 11 is 7.35. The van der Waals surface area contributed by atoms with Gasteiger partial charge in [0.25, 0.3) is 0 Å². The Morgan fingerprint density at radius 2 is 1.19 bits per heavy atom. The number of benzene rings is 1. The monoisotopic (exact) mass is 555 g/mol. The number of para-hydroxylation sites is 1. The van der Waals surface area contributed by atoms with E-state index in [0.717, 1.165) is 52.7 Å². The number of halogens is 2. The molecule has 5 nitrogen and oxygen atoms in total. The lowest BCUT2D eigenvalue weighted by Gasteiger charge is -2.28. The Morgan fingerprint density at radius 1 is 0.719 bits per heavy atom. The minimum Gasteiger partial charge on any atom is -0.371 e. The summed E-state index contributed by atoms with van der Waals surface area (Å²) in [4.78, 5) is 16.9. The Balaban J connectivity index is 1.66. The second kappa shape index (κ2) is 9.40. The van der Waals surface area contributed by atoms with E-state index in [0.29, 0.717) is 0 Å². The van der Waals surface area contributed by atoms with Gasteiger partial charge in [0.05, 0.1) is 5.69 Å². The normalized spacial score (nSPS) is 16.1. The third-order valence-electron chi connectivity index (χ3n) is 6.29. The van der Waals surface area contributed by atoms with Crippen molar-refractivity contribution in [1.29, 1.82) is 0 Å². The molecule has 0 aliphatic carbocycles. The van der Waals surface area contributed by atoms with Crippen LogP contribution < -0.4 is 14.7 Å². The van der Waals surface area contributed by atoms with Crippen LogP contribution in [0.3, 0.4) is 0 Å². The van der Waals surface area contributed by atoms with Gasteiger partial charge in [0.15, 0.2) is 0 Å². The third kappa shape index (κ3) is 4.50. The van der Waals surface area contributed by atoms with Gasteiger partial charge in [-0.05, 0) is 88.2 Å². The van der Waals surface area contributed by atoms with Crippen LogP contribution in [-0.2, 0) is 0 Å². The predicted octanol–water partition coefficient (Wildman–Crippen LogP) is 6.98. The summed E-state index contributed by atoms with van der Waals surface area (Å²) in [7, 11) is 0. The highest BCUT2D eigenvalue weighted by atomic mass is 79.9. The van der Waals surface area contributed by atoms with E-state index in [4.69, 9.17) is 9.97 Å². The lowest BCUT2D eigenvalue weighted by atomic mass is 10.1. The summed E-state index contributed by atoms with van der Waals surface area (Å²) in [6, 6.07) is 17.1. The zero-order chi connectivity index (χ0) is 22.1. The fraction of sp³-hybridized carbons (Fsp3) is 0.360. The first kappa shape index (κ1) is 21.7. The molecule has 2 fully saturated rings. The van der Waals surface area contributed by atoms with Crippen LogP contribution in [0.5, 0.6) is 0 Å². The molecule has 2 saturated heterocycles. The first-order chi connectivity index (χ1) is 15.6. The number of rotatable bonds is 5. The largest absolute Gasteiger partial charge is 0.371 e. The molecule has 2 aromatic heterocycles. The van der Waals surface area contributed by atoms with Crippen LogP contribution in [-0.4, -0.2) is 36.1 Å². The molecule has 0 spiro atoms. The molecule has 0 unspecified atom stereocenters. The number of nitrogens with zero attached hydrogens (tertiary/aromatic N) is 5. The maximum atomic E-state index is 4.90. The van der Waals surface area contributed by atoms with Crippen molar-refractivity contribution in [3.05, 3.63) is 63.3 Å². The summed E-state index contributed by atoms with van der Waals surface area (Å²) in [5.41, 5.74) is 4.67. The topological polar surface area (TPSA) is 35.5 Å². The average molecular weight is 557 g/mol. The van der Waals surface area contributed by atoms with Crippen LogP contribution in [0.2, 0.25) is 0 Å². The molecule has 0 amide bonds. The van der Waals surface area contributed by atoms with Gasteiger partial charge in [-0.1, -0.05) is 18.2 Å². The van der Waals surface area contributed by atoms with Crippen LogP contribution in [0.25, 0.3) is 0 Å². The van der Waals surface area contributed by atoms with Crippen molar-refractivity contribution >= 4 is 60.6 Å². The molecule has 2 aliphatic heterocycles. The Bertz CT molecular complexity index is 1040. The highest BCUT2D eigenvalue weighted by Crippen LogP contribution is 2.39. The van der Waals surface area contributed by atoms with Gasteiger partial charge < -0.3 is 9.80 Å². The number of anilines is 5. The van der Waals surface area contributed by atoms with E-state index in [1.165, 1.54) is 42.6 Å². The van der Waals surface area contributed by atoms with Crippen LogP contribution >= 0.6 is 31.9 Å². The minimum absolute atomic E-state index is 0.838. The Hall–Kier alpha value is -2.12. The number of pyridine rings is 2. The zero-order valence-corrected chi connectivity index (χ0v) is 21.4. The van der Waals surface area contributed by atoms with Crippen molar-refractivity contribution in [2.75, 3.05) is 40.9 Å². The first-order valence-electron chi connectivity index (χ1n) is 11.3. The van der Waals surface area contributed by atoms with Crippen LogP contribution in [0.15, 0.2) is 57.7 Å². The van der Waals surface area contributed by atoms with Gasteiger partial charge in [0, 0.05) is 49.7 Å². The molecular weight excluding hydrogens is 530 g/mol. The van der Waals surface area contributed by atoms with Crippen molar-refractivity contribution in [3.63, 3.8) is 0 Å². The predicted molar refractivity (Wildman–Crippen MR) is 140 cm³/mol. The second-order valence-electron chi connectivity index (χ2n) is 8.52. The van der Waals surface area contributed by atoms with Gasteiger partial charge in [-0.15, -0.1) is 0 Å². The molecule has 0 N–H and O–H groups in total. The van der Waals surface area contributed by atoms with E-state index in [-0.39, 0.29) is 0 Å². The fourth-order valence-electron chi connectivity index (χ4n) is 4.66. The molecule has 32 heavy (non-hydrogen) atoms. The van der Waals surface area contributed by atoms with Crippen molar-refractivity contribution in [2.24, 2.45) is 0 Å². The summed E-state index contributed by atoms with van der Waals surface area (Å²) in [5, 5.41) is 0. The van der Waals surface area contributed by atoms with Gasteiger partial charge in [0.1, 0.15) is 20.8 Å². The Kier molecular flexibility index (Phi) is 6.37. The maximum Gasteiger partial charge on any atom is 0.142 e. The summed E-state index contributed by atoms with van der Waals surface area (Å²) in [5.74, 6) is 1.74. The smallest absolute Gasteiger partial charge is 0.142 e. The molecule has 2 aliphatic rings. The SMILES string of the molecule is Cc1ccccc1N(c1cc(N2CCCC2)cc(Br)n1)c1cc(N2CCCC2)cc(Br)n1. The molecule has 1 aromatic carbocycles. The van der Waals surface area contributed by atoms with Gasteiger partial charge in [0.2, 0.25) is 0 Å². The average Bonchev–Trinajstić information content (AvgIpc) is 3.49. The van der Waals surface area contributed by atoms with E-state index in [1.807, 2.05) is 0 Å². The zero-order valence-electron chi connectivity index (χ0n) is 18.3. The second-order valence-corrected chi connectivity index (χ2v) is 10.1. The molecule has 3 aromatic rings. The van der Waals surface area contributed by atoms with Gasteiger partial charge >= 0.3 is 0 Å². The van der Waals surface area contributed by atoms with E-state index < -0.39 is 0 Å². The van der Waals surface area contributed by atoms with Gasteiger partial charge in [-0.25, -0.2) is 9.97 Å². The minimum atomic E-state index is 0.838. The molecule has 0 bridgehead atoms. The van der Waals surface area contributed by atoms with Crippen LogP contribution in [0, 0.1) is 6.92 Å². The molecule has 0 atom stereocenters. The molecule has 166 valence electrons. The molecule has 5 rings (SSSR count). The van der Waals surface area contributed by atoms with E-state index in [9.17, 15) is 0 Å². The summed E-state index contributed by atoms with van der Waals surface area (Å²) < 4.78 is 1.68. The number of aryl methyl sites for hydroxylation is 1. The summed E-state index contributed by atoms with van der Waals surface area (Å²) in [6.45, 7) is 6.51. The molecule has 4 heterocycles. The van der Waals surface area contributed by atoms with Crippen LogP contribution in [0.1, 0.15) is 31.2 Å². The number of hydrogen-bond acceptors (Lipinski definition) is 5. The maximum absolute atomic E-state index is 4.90. The molecular formula is C25H27Br2N5. The number of hydrogen-bond donors (Lipinski definition) is 0. The fourth-order valence-corrected chi connectivity index (χ4v) is 5.50. The Labute approximate surface area is 206 Å². The van der Waals surface area contributed by atoms with Crippen molar-refractivity contribution < 1.29 is 0 Å². The van der Waals surface area contributed by atoms with E-state index in [1.54, 1.807) is 0 Å². The quantitative estimate of drug-likeness (QED) is 0.317. The van der Waals surface area contributed by atoms with Crippen molar-refractivity contribution in [2.45, 2.75) is 32.6 Å². The number of aromatic nitrogens is 2. The summed E-state index contributed by atoms with van der Waals surface area (Å²) in [6.07, 6.45) is 4.96. The van der Waals surface area contributed by atoms with Gasteiger partial charge in [-0.2, -0.15) is 0 Å². The van der Waals surface area contributed by atoms with E-state index >= 15 is 0 Å².